The minimum Gasteiger partial charge on any atom is -0.342 e. The van der Waals surface area contributed by atoms with Crippen molar-refractivity contribution >= 4 is 16.9 Å². The Morgan fingerprint density at radius 1 is 1.33 bits per heavy atom. The first-order chi connectivity index (χ1) is 12.9. The lowest BCUT2D eigenvalue weighted by Crippen LogP contribution is -2.30. The molecule has 0 radical (unpaired) electrons. The number of imidazole rings is 1. The van der Waals surface area contributed by atoms with Crippen molar-refractivity contribution in [1.29, 1.82) is 0 Å². The van der Waals surface area contributed by atoms with Crippen LogP contribution in [-0.2, 0) is 19.4 Å². The first-order valence-corrected chi connectivity index (χ1v) is 9.33. The molecule has 6 nitrogen and oxygen atoms in total. The van der Waals surface area contributed by atoms with Gasteiger partial charge >= 0.3 is 0 Å². The molecule has 0 unspecified atom stereocenters. The Morgan fingerprint density at radius 2 is 2.11 bits per heavy atom. The second-order valence-electron chi connectivity index (χ2n) is 7.26. The SMILES string of the molecule is CCn1nc(CC(C)C)cc1C(=O)N(C)CCc1nc2ccc(F)cc2[nH]1. The summed E-state index contributed by atoms with van der Waals surface area (Å²) in [6, 6.07) is 6.36. The van der Waals surface area contributed by atoms with Crippen LogP contribution in [0.15, 0.2) is 24.3 Å². The summed E-state index contributed by atoms with van der Waals surface area (Å²) in [6.45, 7) is 7.42. The van der Waals surface area contributed by atoms with Gasteiger partial charge in [0.1, 0.15) is 17.3 Å². The van der Waals surface area contributed by atoms with Crippen molar-refractivity contribution in [3.8, 4) is 0 Å². The van der Waals surface area contributed by atoms with Gasteiger partial charge < -0.3 is 9.88 Å². The molecule has 0 fully saturated rings. The van der Waals surface area contributed by atoms with Gasteiger partial charge in [-0.15, -0.1) is 0 Å². The van der Waals surface area contributed by atoms with Gasteiger partial charge in [-0.1, -0.05) is 13.8 Å². The van der Waals surface area contributed by atoms with Crippen LogP contribution in [-0.4, -0.2) is 44.1 Å². The van der Waals surface area contributed by atoms with E-state index in [4.69, 9.17) is 0 Å². The summed E-state index contributed by atoms with van der Waals surface area (Å²) in [5, 5.41) is 4.54. The molecule has 0 aliphatic heterocycles. The summed E-state index contributed by atoms with van der Waals surface area (Å²) in [4.78, 5) is 22.1. The maximum absolute atomic E-state index is 13.3. The molecule has 0 saturated carbocycles. The number of nitrogens with one attached hydrogen (secondary N) is 1. The number of hydrogen-bond acceptors (Lipinski definition) is 3. The van der Waals surface area contributed by atoms with E-state index in [1.165, 1.54) is 12.1 Å². The van der Waals surface area contributed by atoms with Gasteiger partial charge in [0, 0.05) is 26.6 Å². The molecule has 144 valence electrons. The normalized spacial score (nSPS) is 11.5. The van der Waals surface area contributed by atoms with E-state index in [9.17, 15) is 9.18 Å². The smallest absolute Gasteiger partial charge is 0.271 e. The molecule has 0 spiro atoms. The van der Waals surface area contributed by atoms with Crippen LogP contribution in [0.2, 0.25) is 0 Å². The van der Waals surface area contributed by atoms with Crippen LogP contribution in [0, 0.1) is 11.7 Å². The summed E-state index contributed by atoms with van der Waals surface area (Å²) in [5.74, 6) is 0.875. The van der Waals surface area contributed by atoms with Gasteiger partial charge in [0.15, 0.2) is 0 Å². The number of benzene rings is 1. The third-order valence-electron chi connectivity index (χ3n) is 4.49. The zero-order chi connectivity index (χ0) is 19.6. The van der Waals surface area contributed by atoms with Gasteiger partial charge in [-0.2, -0.15) is 5.10 Å². The third-order valence-corrected chi connectivity index (χ3v) is 4.49. The minimum absolute atomic E-state index is 0.0542. The number of carbonyl (C=O) groups is 1. The van der Waals surface area contributed by atoms with Gasteiger partial charge in [0.2, 0.25) is 0 Å². The number of halogens is 1. The van der Waals surface area contributed by atoms with Crippen molar-refractivity contribution in [2.75, 3.05) is 13.6 Å². The Labute approximate surface area is 158 Å². The Bertz CT molecular complexity index is 943. The molecule has 0 aliphatic rings. The standard InChI is InChI=1S/C20H26FN5O/c1-5-26-18(12-15(24-26)10-13(2)3)20(27)25(4)9-8-19-22-16-7-6-14(21)11-17(16)23-19/h6-7,11-13H,5,8-10H2,1-4H3,(H,22,23). The molecule has 1 amide bonds. The van der Waals surface area contributed by atoms with Crippen molar-refractivity contribution in [1.82, 2.24) is 24.6 Å². The topological polar surface area (TPSA) is 66.8 Å². The minimum atomic E-state index is -0.296. The van der Waals surface area contributed by atoms with E-state index < -0.39 is 0 Å². The molecule has 2 aromatic heterocycles. The third kappa shape index (κ3) is 4.35. The number of carbonyl (C=O) groups excluding carboxylic acids is 1. The van der Waals surface area contributed by atoms with Crippen LogP contribution in [0.5, 0.6) is 0 Å². The largest absolute Gasteiger partial charge is 0.342 e. The lowest BCUT2D eigenvalue weighted by atomic mass is 10.1. The van der Waals surface area contributed by atoms with Crippen LogP contribution in [0.4, 0.5) is 4.39 Å². The van der Waals surface area contributed by atoms with Crippen molar-refractivity contribution < 1.29 is 9.18 Å². The van der Waals surface area contributed by atoms with Crippen LogP contribution in [0.3, 0.4) is 0 Å². The number of fused-ring (bicyclic) bond motifs is 1. The predicted octanol–water partition coefficient (Wildman–Crippen LogP) is 3.43. The van der Waals surface area contributed by atoms with Crippen LogP contribution >= 0.6 is 0 Å². The van der Waals surface area contributed by atoms with Crippen molar-refractivity contribution in [2.24, 2.45) is 5.92 Å². The number of likely N-dealkylation sites (N-methyl/N-ethyl adjacent to an activating group) is 1. The summed E-state index contributed by atoms with van der Waals surface area (Å²) in [6.07, 6.45) is 1.42. The van der Waals surface area contributed by atoms with E-state index in [1.54, 1.807) is 22.7 Å². The highest BCUT2D eigenvalue weighted by molar-refractivity contribution is 5.92. The highest BCUT2D eigenvalue weighted by atomic mass is 19.1. The van der Waals surface area contributed by atoms with Crippen molar-refractivity contribution in [3.63, 3.8) is 0 Å². The molecule has 2 heterocycles. The quantitative estimate of drug-likeness (QED) is 0.692. The molecule has 0 saturated heterocycles. The van der Waals surface area contributed by atoms with E-state index in [1.807, 2.05) is 13.0 Å². The second-order valence-corrected chi connectivity index (χ2v) is 7.26. The molecule has 0 atom stereocenters. The van der Waals surface area contributed by atoms with Gasteiger partial charge in [0.25, 0.3) is 5.91 Å². The molecule has 3 rings (SSSR count). The molecule has 0 bridgehead atoms. The zero-order valence-electron chi connectivity index (χ0n) is 16.3. The fraction of sp³-hybridized carbons (Fsp3) is 0.450. The van der Waals surface area contributed by atoms with Crippen LogP contribution < -0.4 is 0 Å². The second kappa shape index (κ2) is 7.90. The van der Waals surface area contributed by atoms with Gasteiger partial charge in [-0.05, 0) is 43.5 Å². The molecular weight excluding hydrogens is 345 g/mol. The van der Waals surface area contributed by atoms with E-state index in [2.05, 4.69) is 28.9 Å². The molecule has 1 aromatic carbocycles. The number of rotatable bonds is 7. The average Bonchev–Trinajstić information content (AvgIpc) is 3.21. The van der Waals surface area contributed by atoms with E-state index in [-0.39, 0.29) is 11.7 Å². The van der Waals surface area contributed by atoms with Gasteiger partial charge in [0.05, 0.1) is 16.7 Å². The number of nitrogens with zero attached hydrogens (tertiary/aromatic N) is 4. The molecular formula is C20H26FN5O. The zero-order valence-corrected chi connectivity index (χ0v) is 16.3. The van der Waals surface area contributed by atoms with E-state index in [0.29, 0.717) is 36.6 Å². The number of H-pyrrole nitrogens is 1. The molecule has 0 aliphatic carbocycles. The molecule has 7 heteroatoms. The first kappa shape index (κ1) is 19.1. The number of hydrogen-bond donors (Lipinski definition) is 1. The van der Waals surface area contributed by atoms with Gasteiger partial charge in [-0.25, -0.2) is 9.37 Å². The number of aryl methyl sites for hydroxylation is 1. The molecule has 3 aromatic rings. The number of aromatic nitrogens is 4. The first-order valence-electron chi connectivity index (χ1n) is 9.33. The maximum Gasteiger partial charge on any atom is 0.271 e. The molecule has 27 heavy (non-hydrogen) atoms. The fourth-order valence-corrected chi connectivity index (χ4v) is 3.13. The Hall–Kier alpha value is -2.70. The summed E-state index contributed by atoms with van der Waals surface area (Å²) < 4.78 is 15.1. The lowest BCUT2D eigenvalue weighted by molar-refractivity contribution is 0.0784. The Balaban J connectivity index is 1.68. The Morgan fingerprint density at radius 3 is 2.81 bits per heavy atom. The molecule has 1 N–H and O–H groups in total. The van der Waals surface area contributed by atoms with E-state index in [0.717, 1.165) is 23.5 Å². The fourth-order valence-electron chi connectivity index (χ4n) is 3.13. The summed E-state index contributed by atoms with van der Waals surface area (Å²) in [7, 11) is 1.78. The van der Waals surface area contributed by atoms with Crippen LogP contribution in [0.1, 0.15) is 42.8 Å². The summed E-state index contributed by atoms with van der Waals surface area (Å²) in [5.41, 5.74) is 2.95. The lowest BCUT2D eigenvalue weighted by Gasteiger charge is -2.16. The summed E-state index contributed by atoms with van der Waals surface area (Å²) >= 11 is 0. The predicted molar refractivity (Wildman–Crippen MR) is 103 cm³/mol. The number of aromatic amines is 1. The van der Waals surface area contributed by atoms with Gasteiger partial charge in [-0.3, -0.25) is 9.48 Å². The average molecular weight is 371 g/mol. The van der Waals surface area contributed by atoms with Crippen molar-refractivity contribution in [2.45, 2.75) is 40.2 Å². The van der Waals surface area contributed by atoms with Crippen molar-refractivity contribution in [3.05, 3.63) is 47.3 Å². The Kier molecular flexibility index (Phi) is 5.58. The maximum atomic E-state index is 13.3. The van der Waals surface area contributed by atoms with E-state index >= 15 is 0 Å². The number of amides is 1. The van der Waals surface area contributed by atoms with Crippen LogP contribution in [0.25, 0.3) is 11.0 Å². The highest BCUT2D eigenvalue weighted by Crippen LogP contribution is 2.15. The monoisotopic (exact) mass is 371 g/mol. The highest BCUT2D eigenvalue weighted by Gasteiger charge is 2.19.